The van der Waals surface area contributed by atoms with Crippen LogP contribution in [0.5, 0.6) is 0 Å². The molecule has 0 aliphatic carbocycles. The van der Waals surface area contributed by atoms with E-state index in [0.717, 1.165) is 18.6 Å². The van der Waals surface area contributed by atoms with Crippen LogP contribution in [0.25, 0.3) is 0 Å². The number of hydrogen-bond donors (Lipinski definition) is 0. The number of unbranched alkanes of at least 4 members (excludes halogenated alkanes) is 1. The van der Waals surface area contributed by atoms with E-state index in [9.17, 15) is 4.79 Å². The minimum atomic E-state index is 0.116. The van der Waals surface area contributed by atoms with Crippen molar-refractivity contribution in [3.8, 4) is 0 Å². The van der Waals surface area contributed by atoms with Crippen LogP contribution in [0.15, 0.2) is 16.5 Å². The molecule has 12 heavy (non-hydrogen) atoms. The molecule has 1 aromatic heterocycles. The van der Waals surface area contributed by atoms with Crippen LogP contribution in [0, 0.1) is 6.92 Å². The van der Waals surface area contributed by atoms with E-state index in [0.29, 0.717) is 12.2 Å². The second-order valence-electron chi connectivity index (χ2n) is 2.94. The molecule has 0 aliphatic heterocycles. The summed E-state index contributed by atoms with van der Waals surface area (Å²) in [7, 11) is 0. The first-order chi connectivity index (χ1) is 5.74. The van der Waals surface area contributed by atoms with Crippen LogP contribution in [0.2, 0.25) is 0 Å². The number of aryl methyl sites for hydroxylation is 1. The quantitative estimate of drug-likeness (QED) is 0.644. The van der Waals surface area contributed by atoms with E-state index in [-0.39, 0.29) is 5.78 Å². The summed E-state index contributed by atoms with van der Waals surface area (Å²) in [4.78, 5) is 11.3. The lowest BCUT2D eigenvalue weighted by atomic mass is 10.1. The van der Waals surface area contributed by atoms with E-state index in [1.165, 1.54) is 0 Å². The summed E-state index contributed by atoms with van der Waals surface area (Å²) in [6, 6.07) is 3.56. The molecule has 0 spiro atoms. The van der Waals surface area contributed by atoms with Crippen LogP contribution in [0.4, 0.5) is 0 Å². The van der Waals surface area contributed by atoms with Crippen molar-refractivity contribution in [1.29, 1.82) is 0 Å². The van der Waals surface area contributed by atoms with Gasteiger partial charge in [0.05, 0.1) is 0 Å². The number of carbonyl (C=O) groups excluding carboxylic acids is 1. The molecule has 0 unspecified atom stereocenters. The van der Waals surface area contributed by atoms with Crippen molar-refractivity contribution in [2.45, 2.75) is 33.1 Å². The van der Waals surface area contributed by atoms with Gasteiger partial charge in [0.2, 0.25) is 0 Å². The average Bonchev–Trinajstić information content (AvgIpc) is 2.47. The first kappa shape index (κ1) is 9.04. The molecular weight excluding hydrogens is 152 g/mol. The summed E-state index contributed by atoms with van der Waals surface area (Å²) < 4.78 is 5.19. The van der Waals surface area contributed by atoms with Gasteiger partial charge in [0.15, 0.2) is 11.5 Å². The molecule has 2 heteroatoms. The molecule has 0 saturated heterocycles. The van der Waals surface area contributed by atoms with Crippen LogP contribution in [-0.4, -0.2) is 5.78 Å². The Labute approximate surface area is 72.6 Å². The lowest BCUT2D eigenvalue weighted by Gasteiger charge is -1.93. The summed E-state index contributed by atoms with van der Waals surface area (Å²) in [5, 5.41) is 0. The molecule has 0 saturated carbocycles. The fourth-order valence-electron chi connectivity index (χ4n) is 1.04. The molecule has 0 N–H and O–H groups in total. The van der Waals surface area contributed by atoms with Gasteiger partial charge in [-0.2, -0.15) is 0 Å². The summed E-state index contributed by atoms with van der Waals surface area (Å²) >= 11 is 0. The molecule has 0 aromatic carbocycles. The van der Waals surface area contributed by atoms with Crippen LogP contribution in [-0.2, 0) is 0 Å². The highest BCUT2D eigenvalue weighted by atomic mass is 16.3. The maximum atomic E-state index is 11.3. The zero-order valence-electron chi connectivity index (χ0n) is 7.59. The van der Waals surface area contributed by atoms with E-state index in [1.807, 2.05) is 13.0 Å². The Bertz CT molecular complexity index is 261. The van der Waals surface area contributed by atoms with Crippen LogP contribution >= 0.6 is 0 Å². The largest absolute Gasteiger partial charge is 0.458 e. The number of ketones is 1. The van der Waals surface area contributed by atoms with Crippen LogP contribution < -0.4 is 0 Å². The number of rotatable bonds is 4. The molecule has 0 atom stereocenters. The molecule has 0 bridgehead atoms. The van der Waals surface area contributed by atoms with Gasteiger partial charge in [-0.05, 0) is 25.5 Å². The van der Waals surface area contributed by atoms with Crippen molar-refractivity contribution in [2.24, 2.45) is 0 Å². The zero-order chi connectivity index (χ0) is 8.97. The van der Waals surface area contributed by atoms with Gasteiger partial charge in [0.25, 0.3) is 0 Å². The number of Topliss-reactive ketones (excluding diaryl/α,β-unsaturated/α-hetero) is 1. The van der Waals surface area contributed by atoms with Crippen molar-refractivity contribution in [1.82, 2.24) is 0 Å². The van der Waals surface area contributed by atoms with Crippen LogP contribution in [0.3, 0.4) is 0 Å². The third kappa shape index (κ3) is 2.22. The lowest BCUT2D eigenvalue weighted by molar-refractivity contribution is 0.0951. The van der Waals surface area contributed by atoms with Crippen molar-refractivity contribution >= 4 is 5.78 Å². The van der Waals surface area contributed by atoms with Gasteiger partial charge in [-0.3, -0.25) is 4.79 Å². The SMILES string of the molecule is CCCCC(=O)c1ccc(C)o1. The Hall–Kier alpha value is -1.05. The van der Waals surface area contributed by atoms with E-state index >= 15 is 0 Å². The smallest absolute Gasteiger partial charge is 0.197 e. The van der Waals surface area contributed by atoms with Gasteiger partial charge in [0, 0.05) is 6.42 Å². The average molecular weight is 166 g/mol. The summed E-state index contributed by atoms with van der Waals surface area (Å²) in [5.74, 6) is 1.42. The van der Waals surface area contributed by atoms with Gasteiger partial charge < -0.3 is 4.42 Å². The maximum absolute atomic E-state index is 11.3. The molecular formula is C10H14O2. The summed E-state index contributed by atoms with van der Waals surface area (Å²) in [6.45, 7) is 3.91. The first-order valence-corrected chi connectivity index (χ1v) is 4.33. The first-order valence-electron chi connectivity index (χ1n) is 4.33. The lowest BCUT2D eigenvalue weighted by Crippen LogP contribution is -1.95. The summed E-state index contributed by atoms with van der Waals surface area (Å²) in [6.07, 6.45) is 2.59. The second kappa shape index (κ2) is 4.10. The molecule has 66 valence electrons. The Morgan fingerprint density at radius 3 is 2.75 bits per heavy atom. The third-order valence-corrected chi connectivity index (χ3v) is 1.77. The zero-order valence-corrected chi connectivity index (χ0v) is 7.59. The third-order valence-electron chi connectivity index (χ3n) is 1.77. The normalized spacial score (nSPS) is 10.2. The Balaban J connectivity index is 2.53. The molecule has 0 aliphatic rings. The fourth-order valence-corrected chi connectivity index (χ4v) is 1.04. The van der Waals surface area contributed by atoms with Crippen LogP contribution in [0.1, 0.15) is 42.5 Å². The van der Waals surface area contributed by atoms with Crippen molar-refractivity contribution < 1.29 is 9.21 Å². The Kier molecular flexibility index (Phi) is 3.09. The minimum Gasteiger partial charge on any atom is -0.458 e. The molecule has 1 rings (SSSR count). The predicted octanol–water partition coefficient (Wildman–Crippen LogP) is 2.96. The Morgan fingerprint density at radius 2 is 2.25 bits per heavy atom. The van der Waals surface area contributed by atoms with Crippen molar-refractivity contribution in [2.75, 3.05) is 0 Å². The predicted molar refractivity (Wildman–Crippen MR) is 47.3 cm³/mol. The highest BCUT2D eigenvalue weighted by Gasteiger charge is 2.08. The Morgan fingerprint density at radius 1 is 1.50 bits per heavy atom. The molecule has 0 amide bonds. The summed E-state index contributed by atoms with van der Waals surface area (Å²) in [5.41, 5.74) is 0. The van der Waals surface area contributed by atoms with E-state index in [1.54, 1.807) is 6.07 Å². The monoisotopic (exact) mass is 166 g/mol. The van der Waals surface area contributed by atoms with Crippen molar-refractivity contribution in [3.63, 3.8) is 0 Å². The number of hydrogen-bond acceptors (Lipinski definition) is 2. The topological polar surface area (TPSA) is 30.2 Å². The van der Waals surface area contributed by atoms with E-state index in [2.05, 4.69) is 6.92 Å². The van der Waals surface area contributed by atoms with Gasteiger partial charge in [0.1, 0.15) is 5.76 Å². The van der Waals surface area contributed by atoms with E-state index in [4.69, 9.17) is 4.42 Å². The highest BCUT2D eigenvalue weighted by Crippen LogP contribution is 2.10. The fraction of sp³-hybridized carbons (Fsp3) is 0.500. The number of carbonyl (C=O) groups is 1. The molecule has 1 heterocycles. The highest BCUT2D eigenvalue weighted by molar-refractivity contribution is 5.93. The molecule has 1 aromatic rings. The number of furan rings is 1. The van der Waals surface area contributed by atoms with Gasteiger partial charge in [-0.25, -0.2) is 0 Å². The second-order valence-corrected chi connectivity index (χ2v) is 2.94. The molecule has 2 nitrogen and oxygen atoms in total. The van der Waals surface area contributed by atoms with Gasteiger partial charge in [-0.15, -0.1) is 0 Å². The van der Waals surface area contributed by atoms with Crippen molar-refractivity contribution in [3.05, 3.63) is 23.7 Å². The maximum Gasteiger partial charge on any atom is 0.197 e. The minimum absolute atomic E-state index is 0.116. The van der Waals surface area contributed by atoms with Gasteiger partial charge in [-0.1, -0.05) is 13.3 Å². The standard InChI is InChI=1S/C10H14O2/c1-3-4-5-9(11)10-7-6-8(2)12-10/h6-7H,3-5H2,1-2H3. The molecule has 0 fully saturated rings. The van der Waals surface area contributed by atoms with E-state index < -0.39 is 0 Å². The van der Waals surface area contributed by atoms with Gasteiger partial charge >= 0.3 is 0 Å². The molecule has 0 radical (unpaired) electrons.